The van der Waals surface area contributed by atoms with Gasteiger partial charge in [-0.25, -0.2) is 23.1 Å². The van der Waals surface area contributed by atoms with Crippen molar-refractivity contribution in [1.29, 1.82) is 0 Å². The summed E-state index contributed by atoms with van der Waals surface area (Å²) in [5, 5.41) is 12.1. The van der Waals surface area contributed by atoms with Gasteiger partial charge >= 0.3 is 5.69 Å². The van der Waals surface area contributed by atoms with Gasteiger partial charge in [-0.3, -0.25) is 19.8 Å². The number of pyridine rings is 2. The highest BCUT2D eigenvalue weighted by molar-refractivity contribution is 7.90. The molecule has 54 heavy (non-hydrogen) atoms. The standard InChI is InChI=1S/C38H37Cl2N7O6S/c1-38(2)13-11-26(30(21-38)24-3-5-27(39)6-4-24)23-45-15-17-46(18-16-45)28-7-10-34(33(20-28)53-29-19-25-12-14-41-36(25)42-22-29)54(51,52)44-37(48)31-8-9-32(47(49)50)35(40)43-31/h3-10,12,14,19-20,22H,11,13,15-18,21,23H2,1-2H3,(H,41,42)(H,44,48). The normalized spacial score (nSPS) is 16.4. The number of amides is 1. The summed E-state index contributed by atoms with van der Waals surface area (Å²) in [4.78, 5) is 38.8. The van der Waals surface area contributed by atoms with E-state index in [1.165, 1.54) is 29.0 Å². The number of carbonyl (C=O) groups is 1. The summed E-state index contributed by atoms with van der Waals surface area (Å²) < 4.78 is 35.6. The highest BCUT2D eigenvalue weighted by Gasteiger charge is 2.30. The van der Waals surface area contributed by atoms with Crippen molar-refractivity contribution < 1.29 is 22.9 Å². The molecular formula is C38H37Cl2N7O6S. The Balaban J connectivity index is 1.12. The number of sulfonamides is 1. The van der Waals surface area contributed by atoms with Crippen LogP contribution in [0.5, 0.6) is 11.5 Å². The minimum atomic E-state index is -4.55. The van der Waals surface area contributed by atoms with E-state index in [9.17, 15) is 23.3 Å². The molecule has 1 aliphatic carbocycles. The van der Waals surface area contributed by atoms with Gasteiger partial charge in [0.15, 0.2) is 0 Å². The zero-order valence-corrected chi connectivity index (χ0v) is 31.8. The van der Waals surface area contributed by atoms with E-state index >= 15 is 0 Å². The van der Waals surface area contributed by atoms with Crippen LogP contribution in [0.4, 0.5) is 11.4 Å². The maximum Gasteiger partial charge on any atom is 0.306 e. The van der Waals surface area contributed by atoms with Crippen LogP contribution in [0.3, 0.4) is 0 Å². The maximum absolute atomic E-state index is 13.7. The van der Waals surface area contributed by atoms with E-state index in [1.807, 2.05) is 22.9 Å². The van der Waals surface area contributed by atoms with Gasteiger partial charge in [-0.1, -0.05) is 54.8 Å². The number of aromatic amines is 1. The van der Waals surface area contributed by atoms with Crippen molar-refractivity contribution >= 4 is 67.1 Å². The number of anilines is 1. The van der Waals surface area contributed by atoms with Crippen LogP contribution in [-0.4, -0.2) is 71.8 Å². The van der Waals surface area contributed by atoms with E-state index in [2.05, 4.69) is 50.7 Å². The summed E-state index contributed by atoms with van der Waals surface area (Å²) in [6.07, 6.45) is 6.38. The number of carbonyl (C=O) groups excluding carboxylic acids is 1. The van der Waals surface area contributed by atoms with Gasteiger partial charge in [0.05, 0.1) is 11.1 Å². The van der Waals surface area contributed by atoms with Crippen LogP contribution in [0.1, 0.15) is 49.2 Å². The highest BCUT2D eigenvalue weighted by atomic mass is 35.5. The molecule has 0 radical (unpaired) electrons. The molecule has 5 aromatic rings. The molecule has 3 aromatic heterocycles. The van der Waals surface area contributed by atoms with Crippen molar-refractivity contribution in [2.24, 2.45) is 5.41 Å². The average Bonchev–Trinajstić information content (AvgIpc) is 3.61. The first-order valence-electron chi connectivity index (χ1n) is 17.3. The molecular weight excluding hydrogens is 753 g/mol. The number of fused-ring (bicyclic) bond motifs is 1. The number of hydrogen-bond donors (Lipinski definition) is 2. The van der Waals surface area contributed by atoms with Gasteiger partial charge in [0, 0.05) is 67.1 Å². The average molecular weight is 791 g/mol. The van der Waals surface area contributed by atoms with Gasteiger partial charge in [-0.15, -0.1) is 0 Å². The summed E-state index contributed by atoms with van der Waals surface area (Å²) in [7, 11) is -4.55. The number of H-pyrrole nitrogens is 1. The van der Waals surface area contributed by atoms with Gasteiger partial charge in [0.25, 0.3) is 15.9 Å². The fourth-order valence-corrected chi connectivity index (χ4v) is 8.33. The first-order valence-corrected chi connectivity index (χ1v) is 19.6. The molecule has 0 unspecified atom stereocenters. The molecule has 1 saturated heterocycles. The van der Waals surface area contributed by atoms with Crippen LogP contribution in [0, 0.1) is 15.5 Å². The van der Waals surface area contributed by atoms with Crippen molar-refractivity contribution in [3.8, 4) is 11.5 Å². The third kappa shape index (κ3) is 8.21. The Hall–Kier alpha value is -5.02. The van der Waals surface area contributed by atoms with E-state index in [0.717, 1.165) is 67.1 Å². The highest BCUT2D eigenvalue weighted by Crippen LogP contribution is 2.43. The number of benzene rings is 2. The number of nitrogens with one attached hydrogen (secondary N) is 2. The molecule has 1 fully saturated rings. The SMILES string of the molecule is CC1(C)CCC(CN2CCN(c3ccc(S(=O)(=O)NC(=O)c4ccc([N+](=O)[O-])c(Cl)n4)c(Oc4cnc5[nH]ccc5c4)c3)CC2)=C(c2ccc(Cl)cc2)C1. The number of piperazine rings is 1. The lowest BCUT2D eigenvalue weighted by Gasteiger charge is -2.39. The topological polar surface area (TPSA) is 164 Å². The molecule has 280 valence electrons. The second kappa shape index (κ2) is 15.0. The van der Waals surface area contributed by atoms with E-state index in [-0.39, 0.29) is 21.8 Å². The summed E-state index contributed by atoms with van der Waals surface area (Å²) in [5.41, 5.74) is 4.74. The predicted octanol–water partition coefficient (Wildman–Crippen LogP) is 7.87. The smallest absolute Gasteiger partial charge is 0.306 e. The summed E-state index contributed by atoms with van der Waals surface area (Å²) >= 11 is 12.1. The molecule has 2 aliphatic rings. The number of allylic oxidation sites excluding steroid dienone is 1. The Labute approximate surface area is 322 Å². The minimum Gasteiger partial charge on any atom is -0.454 e. The summed E-state index contributed by atoms with van der Waals surface area (Å²) in [5.74, 6) is -0.857. The van der Waals surface area contributed by atoms with Gasteiger partial charge in [-0.05, 0) is 78.3 Å². The van der Waals surface area contributed by atoms with Crippen molar-refractivity contribution in [3.05, 3.63) is 116 Å². The molecule has 1 aliphatic heterocycles. The molecule has 0 bridgehead atoms. The van der Waals surface area contributed by atoms with Gasteiger partial charge in [-0.2, -0.15) is 0 Å². The Bertz CT molecular complexity index is 2390. The molecule has 0 saturated carbocycles. The lowest BCUT2D eigenvalue weighted by atomic mass is 9.72. The van der Waals surface area contributed by atoms with Crippen LogP contribution in [0.15, 0.2) is 89.6 Å². The molecule has 13 nitrogen and oxygen atoms in total. The fraction of sp³-hybridized carbons (Fsp3) is 0.289. The second-order valence-electron chi connectivity index (χ2n) is 14.2. The first kappa shape index (κ1) is 37.3. The first-order chi connectivity index (χ1) is 25.7. The Morgan fingerprint density at radius 3 is 2.52 bits per heavy atom. The van der Waals surface area contributed by atoms with Crippen molar-refractivity contribution in [2.75, 3.05) is 37.6 Å². The number of rotatable bonds is 10. The molecule has 2 aromatic carbocycles. The molecule has 4 heterocycles. The number of nitrogens with zero attached hydrogens (tertiary/aromatic N) is 5. The largest absolute Gasteiger partial charge is 0.454 e. The molecule has 16 heteroatoms. The number of nitro groups is 1. The number of aromatic nitrogens is 3. The van der Waals surface area contributed by atoms with Crippen molar-refractivity contribution in [1.82, 2.24) is 24.6 Å². The maximum atomic E-state index is 13.7. The molecule has 7 rings (SSSR count). The van der Waals surface area contributed by atoms with Crippen LogP contribution < -0.4 is 14.4 Å². The molecule has 2 N–H and O–H groups in total. The Morgan fingerprint density at radius 1 is 1.04 bits per heavy atom. The Kier molecular flexibility index (Phi) is 10.4. The predicted molar refractivity (Wildman–Crippen MR) is 208 cm³/mol. The zero-order chi connectivity index (χ0) is 38.2. The third-order valence-corrected chi connectivity index (χ3v) is 11.7. The van der Waals surface area contributed by atoms with Crippen molar-refractivity contribution in [2.45, 2.75) is 38.0 Å². The van der Waals surface area contributed by atoms with Crippen LogP contribution in [0.25, 0.3) is 16.6 Å². The minimum absolute atomic E-state index is 0.0239. The van der Waals surface area contributed by atoms with Crippen LogP contribution in [-0.2, 0) is 10.0 Å². The number of halogens is 2. The number of ether oxygens (including phenoxy) is 1. The van der Waals surface area contributed by atoms with Crippen LogP contribution in [0.2, 0.25) is 10.2 Å². The van der Waals surface area contributed by atoms with Crippen molar-refractivity contribution in [3.63, 3.8) is 0 Å². The second-order valence-corrected chi connectivity index (χ2v) is 16.7. The van der Waals surface area contributed by atoms with E-state index in [1.54, 1.807) is 24.4 Å². The van der Waals surface area contributed by atoms with Gasteiger partial charge in [0.1, 0.15) is 27.7 Å². The zero-order valence-electron chi connectivity index (χ0n) is 29.5. The van der Waals surface area contributed by atoms with Crippen LogP contribution >= 0.6 is 23.2 Å². The quantitative estimate of drug-likeness (QED) is 0.0809. The van der Waals surface area contributed by atoms with Gasteiger partial charge < -0.3 is 14.6 Å². The molecule has 0 atom stereocenters. The van der Waals surface area contributed by atoms with Gasteiger partial charge in [0.2, 0.25) is 5.15 Å². The van der Waals surface area contributed by atoms with E-state index in [4.69, 9.17) is 27.9 Å². The van der Waals surface area contributed by atoms with E-state index in [0.29, 0.717) is 18.7 Å². The summed E-state index contributed by atoms with van der Waals surface area (Å²) in [6, 6.07) is 18.4. The fourth-order valence-electron chi connectivity index (χ4n) is 6.91. The monoisotopic (exact) mass is 789 g/mol. The third-order valence-electron chi connectivity index (χ3n) is 9.84. The molecule has 1 amide bonds. The van der Waals surface area contributed by atoms with E-state index < -0.39 is 37.4 Å². The summed E-state index contributed by atoms with van der Waals surface area (Å²) in [6.45, 7) is 8.50. The lowest BCUT2D eigenvalue weighted by molar-refractivity contribution is -0.385. The number of hydrogen-bond acceptors (Lipinski definition) is 10. The Morgan fingerprint density at radius 2 is 1.80 bits per heavy atom. The molecule has 0 spiro atoms. The lowest BCUT2D eigenvalue weighted by Crippen LogP contribution is -2.47.